The molecule has 144 valence electrons. The zero-order valence-electron chi connectivity index (χ0n) is 15.9. The zero-order chi connectivity index (χ0) is 19.6. The van der Waals surface area contributed by atoms with Crippen LogP contribution in [0.25, 0.3) is 5.69 Å². The zero-order valence-corrected chi connectivity index (χ0v) is 16.6. The summed E-state index contributed by atoms with van der Waals surface area (Å²) >= 11 is 6.30. The lowest BCUT2D eigenvalue weighted by Crippen LogP contribution is -2.43. The third-order valence-corrected chi connectivity index (χ3v) is 5.23. The molecule has 27 heavy (non-hydrogen) atoms. The number of ether oxygens (including phenoxy) is 1. The molecule has 1 amide bonds. The molecular weight excluding hydrogens is 366 g/mol. The fourth-order valence-corrected chi connectivity index (χ4v) is 3.80. The first kappa shape index (κ1) is 19.4. The maximum absolute atomic E-state index is 13.2. The van der Waals surface area contributed by atoms with Gasteiger partial charge in [-0.15, -0.1) is 0 Å². The number of likely N-dealkylation sites (tertiary alicyclic amines) is 1. The number of aromatic nitrogens is 2. The SMILES string of the molecule is CCOC(=O)C1CCCN(C(=O)c2c(C)nn(-c3ccccc3Cl)c2C)C1. The molecule has 1 atom stereocenters. The minimum absolute atomic E-state index is 0.0997. The van der Waals surface area contributed by atoms with Crippen LogP contribution in [0.3, 0.4) is 0 Å². The van der Waals surface area contributed by atoms with Crippen LogP contribution >= 0.6 is 11.6 Å². The number of halogens is 1. The van der Waals surface area contributed by atoms with Crippen LogP contribution in [0.1, 0.15) is 41.5 Å². The Morgan fingerprint density at radius 3 is 2.74 bits per heavy atom. The second-order valence-corrected chi connectivity index (χ2v) is 7.16. The number of nitrogens with zero attached hydrogens (tertiary/aromatic N) is 3. The summed E-state index contributed by atoms with van der Waals surface area (Å²) in [7, 11) is 0. The second-order valence-electron chi connectivity index (χ2n) is 6.75. The minimum Gasteiger partial charge on any atom is -0.466 e. The van der Waals surface area contributed by atoms with Crippen molar-refractivity contribution in [3.8, 4) is 5.69 Å². The highest BCUT2D eigenvalue weighted by Crippen LogP contribution is 2.26. The van der Waals surface area contributed by atoms with Gasteiger partial charge in [-0.05, 0) is 45.7 Å². The summed E-state index contributed by atoms with van der Waals surface area (Å²) in [5.41, 5.74) is 2.70. The Balaban J connectivity index is 1.87. The van der Waals surface area contributed by atoms with E-state index in [2.05, 4.69) is 5.10 Å². The van der Waals surface area contributed by atoms with Crippen molar-refractivity contribution < 1.29 is 14.3 Å². The van der Waals surface area contributed by atoms with Crippen molar-refractivity contribution in [2.45, 2.75) is 33.6 Å². The van der Waals surface area contributed by atoms with Gasteiger partial charge in [-0.1, -0.05) is 23.7 Å². The largest absolute Gasteiger partial charge is 0.466 e. The van der Waals surface area contributed by atoms with Crippen LogP contribution < -0.4 is 0 Å². The quantitative estimate of drug-likeness (QED) is 0.750. The molecule has 0 bridgehead atoms. The lowest BCUT2D eigenvalue weighted by Gasteiger charge is -2.31. The fraction of sp³-hybridized carbons (Fsp3) is 0.450. The van der Waals surface area contributed by atoms with Gasteiger partial charge >= 0.3 is 5.97 Å². The Morgan fingerprint density at radius 1 is 1.30 bits per heavy atom. The van der Waals surface area contributed by atoms with E-state index in [9.17, 15) is 9.59 Å². The Hall–Kier alpha value is -2.34. The van der Waals surface area contributed by atoms with Crippen LogP contribution in [-0.2, 0) is 9.53 Å². The number of hydrogen-bond acceptors (Lipinski definition) is 4. The smallest absolute Gasteiger partial charge is 0.310 e. The molecule has 6 nitrogen and oxygen atoms in total. The molecule has 1 fully saturated rings. The number of para-hydroxylation sites is 1. The highest BCUT2D eigenvalue weighted by atomic mass is 35.5. The molecule has 0 spiro atoms. The van der Waals surface area contributed by atoms with Gasteiger partial charge in [0.05, 0.1) is 40.2 Å². The minimum atomic E-state index is -0.262. The predicted octanol–water partition coefficient (Wildman–Crippen LogP) is 3.56. The summed E-state index contributed by atoms with van der Waals surface area (Å²) in [6, 6.07) is 7.40. The van der Waals surface area contributed by atoms with Crippen molar-refractivity contribution in [2.24, 2.45) is 5.92 Å². The molecule has 0 aliphatic carbocycles. The first-order chi connectivity index (χ1) is 12.9. The van der Waals surface area contributed by atoms with Crippen LogP contribution in [0.4, 0.5) is 0 Å². The van der Waals surface area contributed by atoms with Gasteiger partial charge < -0.3 is 9.64 Å². The van der Waals surface area contributed by atoms with Gasteiger partial charge in [-0.25, -0.2) is 4.68 Å². The van der Waals surface area contributed by atoms with Crippen LogP contribution in [0.2, 0.25) is 5.02 Å². The topological polar surface area (TPSA) is 64.4 Å². The number of aryl methyl sites for hydroxylation is 1. The summed E-state index contributed by atoms with van der Waals surface area (Å²) in [5, 5.41) is 5.11. The van der Waals surface area contributed by atoms with Crippen molar-refractivity contribution in [2.75, 3.05) is 19.7 Å². The van der Waals surface area contributed by atoms with Crippen molar-refractivity contribution in [1.82, 2.24) is 14.7 Å². The van der Waals surface area contributed by atoms with Crippen molar-refractivity contribution in [3.63, 3.8) is 0 Å². The molecule has 0 N–H and O–H groups in total. The number of carbonyl (C=O) groups is 2. The van der Waals surface area contributed by atoms with Crippen LogP contribution in [0.5, 0.6) is 0 Å². The van der Waals surface area contributed by atoms with Crippen molar-refractivity contribution in [3.05, 3.63) is 46.2 Å². The van der Waals surface area contributed by atoms with Gasteiger partial charge in [0.15, 0.2) is 0 Å². The molecular formula is C20H24ClN3O3. The molecule has 0 radical (unpaired) electrons. The van der Waals surface area contributed by atoms with Gasteiger partial charge in [0.2, 0.25) is 0 Å². The molecule has 2 aromatic rings. The average Bonchev–Trinajstić information content (AvgIpc) is 2.96. The van der Waals surface area contributed by atoms with E-state index < -0.39 is 0 Å². The lowest BCUT2D eigenvalue weighted by molar-refractivity contribution is -0.149. The van der Waals surface area contributed by atoms with Gasteiger partial charge in [0.25, 0.3) is 5.91 Å². The number of benzene rings is 1. The summed E-state index contributed by atoms with van der Waals surface area (Å²) < 4.78 is 6.84. The Labute approximate surface area is 164 Å². The molecule has 1 aromatic carbocycles. The number of carbonyl (C=O) groups excluding carboxylic acids is 2. The molecule has 0 saturated carbocycles. The standard InChI is InChI=1S/C20H24ClN3O3/c1-4-27-20(26)15-8-7-11-23(12-15)19(25)18-13(2)22-24(14(18)3)17-10-6-5-9-16(17)21/h5-6,9-10,15H,4,7-8,11-12H2,1-3H3. The summed E-state index contributed by atoms with van der Waals surface area (Å²) in [6.07, 6.45) is 1.53. The van der Waals surface area contributed by atoms with Gasteiger partial charge in [0.1, 0.15) is 0 Å². The molecule has 7 heteroatoms. The maximum Gasteiger partial charge on any atom is 0.310 e. The van der Waals surface area contributed by atoms with E-state index in [1.807, 2.05) is 32.0 Å². The summed E-state index contributed by atoms with van der Waals surface area (Å²) in [6.45, 7) is 6.84. The van der Waals surface area contributed by atoms with E-state index in [1.165, 1.54) is 0 Å². The Kier molecular flexibility index (Phi) is 5.85. The average molecular weight is 390 g/mol. The first-order valence-corrected chi connectivity index (χ1v) is 9.58. The van der Waals surface area contributed by atoms with E-state index in [4.69, 9.17) is 16.3 Å². The van der Waals surface area contributed by atoms with Crippen molar-refractivity contribution in [1.29, 1.82) is 0 Å². The van der Waals surface area contributed by atoms with Crippen LogP contribution in [0.15, 0.2) is 24.3 Å². The monoisotopic (exact) mass is 389 g/mol. The Morgan fingerprint density at radius 2 is 2.04 bits per heavy atom. The van der Waals surface area contributed by atoms with Gasteiger partial charge in [0, 0.05) is 13.1 Å². The number of rotatable bonds is 4. The van der Waals surface area contributed by atoms with E-state index in [0.717, 1.165) is 24.2 Å². The van der Waals surface area contributed by atoms with E-state index in [-0.39, 0.29) is 17.8 Å². The number of hydrogen-bond donors (Lipinski definition) is 0. The van der Waals surface area contributed by atoms with E-state index in [0.29, 0.717) is 36.0 Å². The van der Waals surface area contributed by atoms with E-state index >= 15 is 0 Å². The molecule has 1 aliphatic heterocycles. The number of piperidine rings is 1. The second kappa shape index (κ2) is 8.13. The molecule has 2 heterocycles. The third kappa shape index (κ3) is 3.86. The highest BCUT2D eigenvalue weighted by Gasteiger charge is 2.32. The summed E-state index contributed by atoms with van der Waals surface area (Å²) in [5.74, 6) is -0.589. The van der Waals surface area contributed by atoms with Gasteiger partial charge in [-0.2, -0.15) is 5.10 Å². The van der Waals surface area contributed by atoms with Crippen molar-refractivity contribution >= 4 is 23.5 Å². The van der Waals surface area contributed by atoms with Gasteiger partial charge in [-0.3, -0.25) is 9.59 Å². The molecule has 1 unspecified atom stereocenters. The molecule has 1 aliphatic rings. The first-order valence-electron chi connectivity index (χ1n) is 9.21. The third-order valence-electron chi connectivity index (χ3n) is 4.91. The molecule has 1 aromatic heterocycles. The van der Waals surface area contributed by atoms with Crippen LogP contribution in [-0.4, -0.2) is 46.3 Å². The molecule has 1 saturated heterocycles. The normalized spacial score (nSPS) is 17.0. The Bertz CT molecular complexity index is 862. The fourth-order valence-electron chi connectivity index (χ4n) is 3.58. The summed E-state index contributed by atoms with van der Waals surface area (Å²) in [4.78, 5) is 27.0. The maximum atomic E-state index is 13.2. The number of amides is 1. The predicted molar refractivity (Wildman–Crippen MR) is 103 cm³/mol. The molecule has 3 rings (SSSR count). The lowest BCUT2D eigenvalue weighted by atomic mass is 9.97. The van der Waals surface area contributed by atoms with E-state index in [1.54, 1.807) is 22.6 Å². The highest BCUT2D eigenvalue weighted by molar-refractivity contribution is 6.32. The van der Waals surface area contributed by atoms with Crippen LogP contribution in [0, 0.1) is 19.8 Å². The number of esters is 1.